The van der Waals surface area contributed by atoms with E-state index in [1.165, 1.54) is 0 Å². The fourth-order valence-corrected chi connectivity index (χ4v) is 0.421. The van der Waals surface area contributed by atoms with Crippen molar-refractivity contribution >= 4 is 18.1 Å². The molecule has 0 unspecified atom stereocenters. The Morgan fingerprint density at radius 2 is 1.07 bits per heavy atom. The summed E-state index contributed by atoms with van der Waals surface area (Å²) in [5.41, 5.74) is 0. The summed E-state index contributed by atoms with van der Waals surface area (Å²) in [6, 6.07) is 0. The zero-order valence-electron chi connectivity index (χ0n) is 8.70. The summed E-state index contributed by atoms with van der Waals surface area (Å²) < 4.78 is 8.42. The highest BCUT2D eigenvalue weighted by Crippen LogP contribution is 2.01. The van der Waals surface area contributed by atoms with Crippen LogP contribution in [0.1, 0.15) is 27.7 Å². The fraction of sp³-hybridized carbons (Fsp3) is 0.667. The summed E-state index contributed by atoms with van der Waals surface area (Å²) in [4.78, 5) is 32.5. The van der Waals surface area contributed by atoms with E-state index in [1.54, 1.807) is 27.7 Å². The van der Waals surface area contributed by atoms with E-state index in [9.17, 15) is 14.4 Å². The molecule has 0 aromatic carbocycles. The lowest BCUT2D eigenvalue weighted by molar-refractivity contribution is -0.150. The quantitative estimate of drug-likeness (QED) is 0.501. The molecule has 0 saturated carbocycles. The lowest BCUT2D eigenvalue weighted by atomic mass is 10.2. The first-order valence-corrected chi connectivity index (χ1v) is 4.32. The minimum atomic E-state index is -1.26. The molecule has 5 heteroatoms. The predicted octanol–water partition coefficient (Wildman–Crippen LogP) is 1.50. The van der Waals surface area contributed by atoms with Gasteiger partial charge in [0.05, 0.1) is 11.8 Å². The van der Waals surface area contributed by atoms with E-state index in [1.807, 2.05) is 0 Å². The Hall–Kier alpha value is -1.39. The number of carbonyl (C=O) groups is 3. The van der Waals surface area contributed by atoms with E-state index < -0.39 is 29.9 Å². The summed E-state index contributed by atoms with van der Waals surface area (Å²) in [7, 11) is 0. The van der Waals surface area contributed by atoms with E-state index in [-0.39, 0.29) is 0 Å². The molecule has 0 aliphatic heterocycles. The molecular formula is C9H14O5. The molecule has 0 bridgehead atoms. The third-order valence-corrected chi connectivity index (χ3v) is 1.31. The summed E-state index contributed by atoms with van der Waals surface area (Å²) >= 11 is 0. The first kappa shape index (κ1) is 12.6. The van der Waals surface area contributed by atoms with E-state index >= 15 is 0 Å². The second-order valence-electron chi connectivity index (χ2n) is 3.40. The van der Waals surface area contributed by atoms with E-state index in [2.05, 4.69) is 9.47 Å². The molecule has 0 saturated heterocycles. The average Bonchev–Trinajstić information content (AvgIpc) is 2.03. The van der Waals surface area contributed by atoms with Gasteiger partial charge in [0.15, 0.2) is 0 Å². The number of carbonyl (C=O) groups excluding carboxylic acids is 3. The van der Waals surface area contributed by atoms with Crippen LogP contribution in [-0.2, 0) is 19.1 Å². The van der Waals surface area contributed by atoms with E-state index in [0.29, 0.717) is 0 Å². The Balaban J connectivity index is 4.00. The Morgan fingerprint density at radius 3 is 1.29 bits per heavy atom. The first-order chi connectivity index (χ1) is 6.34. The maximum absolute atomic E-state index is 10.9. The predicted molar refractivity (Wildman–Crippen MR) is 47.3 cm³/mol. The second-order valence-corrected chi connectivity index (χ2v) is 3.40. The normalized spacial score (nSPS) is 10.1. The Morgan fingerprint density at radius 1 is 0.786 bits per heavy atom. The molecule has 0 amide bonds. The highest BCUT2D eigenvalue weighted by atomic mass is 16.8. The van der Waals surface area contributed by atoms with Crippen LogP contribution in [0.15, 0.2) is 0 Å². The molecule has 0 atom stereocenters. The molecule has 0 aliphatic carbocycles. The van der Waals surface area contributed by atoms with Crippen molar-refractivity contribution in [3.8, 4) is 0 Å². The summed E-state index contributed by atoms with van der Waals surface area (Å²) in [6.07, 6.45) is -1.26. The van der Waals surface area contributed by atoms with Crippen LogP contribution in [0, 0.1) is 11.8 Å². The van der Waals surface area contributed by atoms with Crippen LogP contribution in [0.25, 0.3) is 0 Å². The maximum atomic E-state index is 10.9. The van der Waals surface area contributed by atoms with E-state index in [0.717, 1.165) is 0 Å². The standard InChI is InChI=1S/C9H14O5/c1-5(2)7(10)13-9(12)14-8(11)6(3)4/h5-6H,1-4H3. The van der Waals surface area contributed by atoms with Gasteiger partial charge < -0.3 is 9.47 Å². The van der Waals surface area contributed by atoms with Crippen LogP contribution in [0.4, 0.5) is 4.79 Å². The lowest BCUT2D eigenvalue weighted by Crippen LogP contribution is -2.22. The zero-order valence-corrected chi connectivity index (χ0v) is 8.70. The van der Waals surface area contributed by atoms with Crippen molar-refractivity contribution in [2.24, 2.45) is 11.8 Å². The third kappa shape index (κ3) is 4.59. The maximum Gasteiger partial charge on any atom is 0.524 e. The molecular weight excluding hydrogens is 188 g/mol. The molecule has 14 heavy (non-hydrogen) atoms. The van der Waals surface area contributed by atoms with Crippen LogP contribution < -0.4 is 0 Å². The molecule has 0 N–H and O–H groups in total. The van der Waals surface area contributed by atoms with Gasteiger partial charge in [-0.3, -0.25) is 9.59 Å². The number of hydrogen-bond acceptors (Lipinski definition) is 5. The van der Waals surface area contributed by atoms with Crippen molar-refractivity contribution < 1.29 is 23.9 Å². The van der Waals surface area contributed by atoms with Gasteiger partial charge in [0.25, 0.3) is 0 Å². The molecule has 5 nitrogen and oxygen atoms in total. The molecule has 0 fully saturated rings. The largest absolute Gasteiger partial charge is 0.524 e. The number of rotatable bonds is 2. The van der Waals surface area contributed by atoms with E-state index in [4.69, 9.17) is 0 Å². The molecule has 0 aliphatic rings. The molecule has 0 spiro atoms. The van der Waals surface area contributed by atoms with Gasteiger partial charge in [0, 0.05) is 0 Å². The average molecular weight is 202 g/mol. The third-order valence-electron chi connectivity index (χ3n) is 1.31. The van der Waals surface area contributed by atoms with Gasteiger partial charge in [-0.05, 0) is 0 Å². The van der Waals surface area contributed by atoms with Gasteiger partial charge in [-0.25, -0.2) is 4.79 Å². The SMILES string of the molecule is CC(C)C(=O)OC(=O)OC(=O)C(C)C. The fourth-order valence-electron chi connectivity index (χ4n) is 0.421. The molecule has 80 valence electrons. The lowest BCUT2D eigenvalue weighted by Gasteiger charge is -2.06. The first-order valence-electron chi connectivity index (χ1n) is 4.32. The molecule has 0 aromatic heterocycles. The number of ether oxygens (including phenoxy) is 2. The van der Waals surface area contributed by atoms with Gasteiger partial charge in [-0.15, -0.1) is 0 Å². The Labute approximate surface area is 82.4 Å². The van der Waals surface area contributed by atoms with Gasteiger partial charge >= 0.3 is 18.1 Å². The smallest absolute Gasteiger partial charge is 0.360 e. The molecule has 0 aromatic rings. The van der Waals surface area contributed by atoms with Crippen LogP contribution >= 0.6 is 0 Å². The minimum Gasteiger partial charge on any atom is -0.360 e. The molecule has 0 heterocycles. The van der Waals surface area contributed by atoms with Gasteiger partial charge in [0.1, 0.15) is 0 Å². The van der Waals surface area contributed by atoms with Gasteiger partial charge in [-0.1, -0.05) is 27.7 Å². The molecule has 0 radical (unpaired) electrons. The van der Waals surface area contributed by atoms with Crippen molar-refractivity contribution in [3.63, 3.8) is 0 Å². The summed E-state index contributed by atoms with van der Waals surface area (Å²) in [5.74, 6) is -2.30. The van der Waals surface area contributed by atoms with Crippen LogP contribution in [0.5, 0.6) is 0 Å². The second kappa shape index (κ2) is 5.36. The van der Waals surface area contributed by atoms with Crippen molar-refractivity contribution in [2.75, 3.05) is 0 Å². The summed E-state index contributed by atoms with van der Waals surface area (Å²) in [5, 5.41) is 0. The number of esters is 2. The Kier molecular flexibility index (Phi) is 4.83. The zero-order chi connectivity index (χ0) is 11.3. The highest BCUT2D eigenvalue weighted by molar-refractivity contribution is 5.89. The van der Waals surface area contributed by atoms with Gasteiger partial charge in [-0.2, -0.15) is 0 Å². The monoisotopic (exact) mass is 202 g/mol. The van der Waals surface area contributed by atoms with Crippen LogP contribution in [-0.4, -0.2) is 18.1 Å². The van der Waals surface area contributed by atoms with Crippen LogP contribution in [0.3, 0.4) is 0 Å². The van der Waals surface area contributed by atoms with Gasteiger partial charge in [0.2, 0.25) is 0 Å². The highest BCUT2D eigenvalue weighted by Gasteiger charge is 2.19. The minimum absolute atomic E-state index is 0.434. The van der Waals surface area contributed by atoms with Crippen molar-refractivity contribution in [2.45, 2.75) is 27.7 Å². The number of hydrogen-bond donors (Lipinski definition) is 0. The topological polar surface area (TPSA) is 69.7 Å². The van der Waals surface area contributed by atoms with Crippen molar-refractivity contribution in [1.29, 1.82) is 0 Å². The van der Waals surface area contributed by atoms with Crippen molar-refractivity contribution in [1.82, 2.24) is 0 Å². The Bertz CT molecular complexity index is 218. The van der Waals surface area contributed by atoms with Crippen LogP contribution in [0.2, 0.25) is 0 Å². The summed E-state index contributed by atoms with van der Waals surface area (Å²) in [6.45, 7) is 6.28. The van der Waals surface area contributed by atoms with Crippen molar-refractivity contribution in [3.05, 3.63) is 0 Å². The molecule has 0 rings (SSSR count).